The van der Waals surface area contributed by atoms with Gasteiger partial charge >= 0.3 is 0 Å². The number of fused-ring (bicyclic) bond motifs is 3. The van der Waals surface area contributed by atoms with Gasteiger partial charge < -0.3 is 31.5 Å². The molecular formula is C24H29ClN4O7. The topological polar surface area (TPSA) is 186 Å². The lowest BCUT2D eigenvalue weighted by atomic mass is 9.57. The van der Waals surface area contributed by atoms with Crippen molar-refractivity contribution >= 4 is 40.7 Å². The number of carbonyl (C=O) groups excluding carboxylic acids is 3. The van der Waals surface area contributed by atoms with Crippen LogP contribution in [0.5, 0.6) is 5.75 Å². The van der Waals surface area contributed by atoms with Gasteiger partial charge in [0.1, 0.15) is 22.2 Å². The molecular weight excluding hydrogens is 492 g/mol. The minimum atomic E-state index is -2.68. The number of aromatic nitrogens is 1. The fourth-order valence-electron chi connectivity index (χ4n) is 5.66. The Hall–Kier alpha value is -3.15. The second kappa shape index (κ2) is 9.06. The largest absolute Gasteiger partial charge is 0.508 e. The summed E-state index contributed by atoms with van der Waals surface area (Å²) in [5.41, 5.74) is 1.78. The fraction of sp³-hybridized carbons (Fsp3) is 0.500. The van der Waals surface area contributed by atoms with Crippen LogP contribution in [-0.2, 0) is 20.8 Å². The lowest BCUT2D eigenvalue weighted by Crippen LogP contribution is -2.65. The highest BCUT2D eigenvalue weighted by atomic mass is 35.5. The summed E-state index contributed by atoms with van der Waals surface area (Å²) in [6, 6.07) is -1.14. The van der Waals surface area contributed by atoms with Crippen LogP contribution in [0.1, 0.15) is 37.3 Å². The van der Waals surface area contributed by atoms with Crippen LogP contribution in [0, 0.1) is 11.8 Å². The third-order valence-electron chi connectivity index (χ3n) is 7.36. The maximum Gasteiger partial charge on any atom is 0.255 e. The van der Waals surface area contributed by atoms with Crippen LogP contribution >= 0.6 is 11.6 Å². The van der Waals surface area contributed by atoms with Crippen LogP contribution < -0.4 is 11.1 Å². The molecule has 12 heteroatoms. The van der Waals surface area contributed by atoms with Gasteiger partial charge in [0, 0.05) is 23.6 Å². The molecule has 36 heavy (non-hydrogen) atoms. The Balaban J connectivity index is 1.91. The predicted octanol–water partition coefficient (Wildman–Crippen LogP) is 1.22. The van der Waals surface area contributed by atoms with E-state index < -0.39 is 63.8 Å². The van der Waals surface area contributed by atoms with Gasteiger partial charge in [-0.1, -0.05) is 24.9 Å². The van der Waals surface area contributed by atoms with E-state index in [2.05, 4.69) is 10.3 Å². The number of hydrogen-bond donors (Lipinski definition) is 6. The summed E-state index contributed by atoms with van der Waals surface area (Å²) >= 11 is 6.42. The lowest BCUT2D eigenvalue weighted by Gasteiger charge is -2.50. The van der Waals surface area contributed by atoms with Crippen molar-refractivity contribution in [2.45, 2.75) is 44.2 Å². The summed E-state index contributed by atoms with van der Waals surface area (Å²) in [5, 5.41) is 47.6. The standard InChI is InChI=1S/C24H29ClN4O7/c1-4-5-6-27-23-18(32)13-10(21(25)28-23)7-9-8-11-15(29(2)3)17(31)14(22(26)35)20(34)24(11,36)19(33)12(9)16(13)30/h9,11,15,30,32,34,36H,4-8H2,1-3H3,(H2,26,35)(H,27,28)/t9-,11-,15-,24-/m0/s1. The van der Waals surface area contributed by atoms with E-state index in [1.165, 1.54) is 4.90 Å². The third kappa shape index (κ3) is 3.56. The highest BCUT2D eigenvalue weighted by molar-refractivity contribution is 6.31. The number of ketones is 2. The van der Waals surface area contributed by atoms with Crippen LogP contribution in [0.15, 0.2) is 16.9 Å². The first-order chi connectivity index (χ1) is 16.9. The van der Waals surface area contributed by atoms with E-state index >= 15 is 0 Å². The van der Waals surface area contributed by atoms with Gasteiger partial charge in [-0.15, -0.1) is 0 Å². The molecule has 3 aliphatic rings. The molecule has 4 atom stereocenters. The Labute approximate surface area is 212 Å². The molecule has 1 heterocycles. The number of unbranched alkanes of at least 4 members (excludes halogenated alkanes) is 1. The Morgan fingerprint density at radius 3 is 2.53 bits per heavy atom. The van der Waals surface area contributed by atoms with Crippen molar-refractivity contribution in [3.8, 4) is 5.75 Å². The molecule has 0 spiro atoms. The van der Waals surface area contributed by atoms with E-state index in [4.69, 9.17) is 17.3 Å². The third-order valence-corrected chi connectivity index (χ3v) is 7.67. The van der Waals surface area contributed by atoms with Crippen molar-refractivity contribution in [3.63, 3.8) is 0 Å². The molecule has 1 amide bonds. The normalized spacial score (nSPS) is 27.7. The molecule has 1 aromatic rings. The summed E-state index contributed by atoms with van der Waals surface area (Å²) in [6.45, 7) is 2.48. The smallest absolute Gasteiger partial charge is 0.255 e. The average molecular weight is 521 g/mol. The molecule has 0 bridgehead atoms. The van der Waals surface area contributed by atoms with Crippen LogP contribution in [0.2, 0.25) is 5.15 Å². The molecule has 1 aromatic heterocycles. The summed E-state index contributed by atoms with van der Waals surface area (Å²) in [4.78, 5) is 44.6. The maximum atomic E-state index is 13.8. The van der Waals surface area contributed by atoms with Gasteiger partial charge in [-0.25, -0.2) is 4.98 Å². The van der Waals surface area contributed by atoms with Crippen LogP contribution in [0.25, 0.3) is 5.76 Å². The van der Waals surface area contributed by atoms with Gasteiger partial charge in [-0.3, -0.25) is 19.3 Å². The second-order valence-corrected chi connectivity index (χ2v) is 10.1. The zero-order valence-electron chi connectivity index (χ0n) is 20.1. The number of primary amides is 1. The number of rotatable bonds is 6. The summed E-state index contributed by atoms with van der Waals surface area (Å²) < 4.78 is 0. The summed E-state index contributed by atoms with van der Waals surface area (Å²) in [5.74, 6) is -7.11. The van der Waals surface area contributed by atoms with Crippen LogP contribution in [0.3, 0.4) is 0 Å². The van der Waals surface area contributed by atoms with E-state index in [1.807, 2.05) is 6.92 Å². The molecule has 0 radical (unpaired) electrons. The van der Waals surface area contributed by atoms with Crippen molar-refractivity contribution in [1.29, 1.82) is 0 Å². The highest BCUT2D eigenvalue weighted by Crippen LogP contribution is 2.53. The second-order valence-electron chi connectivity index (χ2n) is 9.70. The van der Waals surface area contributed by atoms with Crippen molar-refractivity contribution in [1.82, 2.24) is 9.88 Å². The number of hydrogen-bond acceptors (Lipinski definition) is 10. The Morgan fingerprint density at radius 1 is 1.28 bits per heavy atom. The molecule has 4 rings (SSSR count). The minimum absolute atomic E-state index is 0.0145. The number of pyridine rings is 1. The van der Waals surface area contributed by atoms with Crippen molar-refractivity contribution in [3.05, 3.63) is 33.2 Å². The molecule has 0 aromatic carbocycles. The monoisotopic (exact) mass is 520 g/mol. The molecule has 0 saturated heterocycles. The SMILES string of the molecule is CCCCNc1nc(Cl)c2c(c1O)C(O)=C1C(=O)[C@]3(O)C(O)=C(C(N)=O)C(=O)[C@@H](N(C)C)[C@@H]3C[C@@H]1C2. The van der Waals surface area contributed by atoms with Crippen molar-refractivity contribution in [2.75, 3.05) is 26.0 Å². The van der Waals surface area contributed by atoms with Crippen LogP contribution in [-0.4, -0.2) is 80.1 Å². The summed E-state index contributed by atoms with van der Waals surface area (Å²) in [7, 11) is 3.08. The predicted molar refractivity (Wildman–Crippen MR) is 130 cm³/mol. The molecule has 7 N–H and O–H groups in total. The Bertz CT molecular complexity index is 1240. The first-order valence-corrected chi connectivity index (χ1v) is 12.1. The van der Waals surface area contributed by atoms with Gasteiger partial charge in [-0.2, -0.15) is 0 Å². The number of carbonyl (C=O) groups is 3. The molecule has 0 unspecified atom stereocenters. The molecule has 11 nitrogen and oxygen atoms in total. The number of nitrogens with zero attached hydrogens (tertiary/aromatic N) is 2. The van der Waals surface area contributed by atoms with Crippen molar-refractivity contribution in [2.24, 2.45) is 17.6 Å². The maximum absolute atomic E-state index is 13.8. The molecule has 3 aliphatic carbocycles. The van der Waals surface area contributed by atoms with Gasteiger partial charge in [0.2, 0.25) is 5.78 Å². The number of halogens is 1. The van der Waals surface area contributed by atoms with Gasteiger partial charge in [0.25, 0.3) is 5.91 Å². The number of anilines is 1. The number of nitrogens with two attached hydrogens (primary N) is 1. The summed E-state index contributed by atoms with van der Waals surface area (Å²) in [6.07, 6.45) is 1.75. The zero-order chi connectivity index (χ0) is 26.7. The fourth-order valence-corrected chi connectivity index (χ4v) is 5.92. The number of aliphatic hydroxyl groups is 3. The van der Waals surface area contributed by atoms with E-state index in [0.717, 1.165) is 12.8 Å². The number of aromatic hydroxyl groups is 1. The number of nitrogens with one attached hydrogen (secondary N) is 1. The molecule has 1 saturated carbocycles. The first kappa shape index (κ1) is 25.9. The Morgan fingerprint density at radius 2 is 1.94 bits per heavy atom. The number of amides is 1. The molecule has 194 valence electrons. The highest BCUT2D eigenvalue weighted by Gasteiger charge is 2.64. The molecule has 0 aliphatic heterocycles. The zero-order valence-corrected chi connectivity index (χ0v) is 20.9. The Kier molecular flexibility index (Phi) is 6.52. The van der Waals surface area contributed by atoms with E-state index in [0.29, 0.717) is 12.1 Å². The van der Waals surface area contributed by atoms with Crippen molar-refractivity contribution < 1.29 is 34.8 Å². The average Bonchev–Trinajstić information content (AvgIpc) is 2.79. The van der Waals surface area contributed by atoms with Crippen LogP contribution in [0.4, 0.5) is 5.82 Å². The van der Waals surface area contributed by atoms with Gasteiger partial charge in [-0.05, 0) is 39.3 Å². The quantitative estimate of drug-likeness (QED) is 0.181. The minimum Gasteiger partial charge on any atom is -0.508 e. The van der Waals surface area contributed by atoms with E-state index in [9.17, 15) is 34.8 Å². The van der Waals surface area contributed by atoms with Gasteiger partial charge in [0.05, 0.1) is 11.6 Å². The lowest BCUT2D eigenvalue weighted by molar-refractivity contribution is -0.153. The number of Topliss-reactive ketones (excluding diaryl/α,β-unsaturated/α-hetero) is 2. The number of likely N-dealkylation sites (N-methyl/N-ethyl adjacent to an activating group) is 1. The van der Waals surface area contributed by atoms with E-state index in [1.54, 1.807) is 14.1 Å². The van der Waals surface area contributed by atoms with Gasteiger partial charge in [0.15, 0.2) is 23.0 Å². The number of aliphatic hydroxyl groups excluding tert-OH is 2. The molecule has 1 fully saturated rings. The van der Waals surface area contributed by atoms with E-state index in [-0.39, 0.29) is 34.9 Å². The first-order valence-electron chi connectivity index (χ1n) is 11.7.